The first-order chi connectivity index (χ1) is 44.6. The predicted molar refractivity (Wildman–Crippen MR) is 392 cm³/mol. The molecule has 0 rings (SSSR count). The lowest BCUT2D eigenvalue weighted by Crippen LogP contribution is -2.40. The van der Waals surface area contributed by atoms with Gasteiger partial charge in [-0.25, -0.2) is 4.79 Å². The molecule has 0 bridgehead atoms. The molecule has 2 atom stereocenters. The Balaban J connectivity index is 4.07. The van der Waals surface area contributed by atoms with Crippen molar-refractivity contribution in [3.05, 3.63) is 109 Å². The molecule has 0 amide bonds. The first-order valence-electron chi connectivity index (χ1n) is 38.1. The van der Waals surface area contributed by atoms with Gasteiger partial charge in [-0.3, -0.25) is 9.59 Å². The number of carboxylic acid groups (broad SMARTS) is 1. The van der Waals surface area contributed by atoms with Crippen molar-refractivity contribution in [2.75, 3.05) is 47.5 Å². The quantitative estimate of drug-likeness (QED) is 0.0211. The monoisotopic (exact) mass is 1270 g/mol. The molecule has 2 unspecified atom stereocenters. The van der Waals surface area contributed by atoms with E-state index >= 15 is 0 Å². The van der Waals surface area contributed by atoms with Crippen molar-refractivity contribution in [3.63, 3.8) is 0 Å². The van der Waals surface area contributed by atoms with Gasteiger partial charge < -0.3 is 28.5 Å². The molecular weight excluding hydrogens is 1130 g/mol. The Kier molecular flexibility index (Phi) is 68.6. The normalized spacial score (nSPS) is 13.3. The number of aliphatic carboxylic acids is 1. The van der Waals surface area contributed by atoms with Crippen LogP contribution in [0.5, 0.6) is 0 Å². The van der Waals surface area contributed by atoms with E-state index < -0.39 is 24.3 Å². The van der Waals surface area contributed by atoms with Gasteiger partial charge in [-0.05, 0) is 83.5 Å². The standard InChI is InChI=1S/C82H143NO8/c1-6-8-10-12-14-16-18-20-22-24-26-28-30-32-33-34-35-36-37-38-39-40-41-42-43-44-45-46-47-49-51-53-55-57-59-61-63-65-67-69-71-73-80(85)91-78(77-90-82(81(86)87)88-75-74-83(3,4)5)76-89-79(84)72-70-68-66-64-62-60-58-56-54-52-50-48-31-29-27-25-23-21-19-17-15-13-11-9-7-2/h8,10,14,16,20,22,26,28,32-33,35-36,38-39,41-42,44-45,78,82H,6-7,9,11-13,15,17-19,21,23-25,27,29-31,34,37,40,43,46-77H2,1-5H3/p+1/b10-8-,16-14-,22-20-,28-26-,33-32-,36-35-,39-38-,42-41-,45-44-. The highest BCUT2D eigenvalue weighted by atomic mass is 16.7. The van der Waals surface area contributed by atoms with E-state index in [-0.39, 0.29) is 32.2 Å². The fraction of sp³-hybridized carbons (Fsp3) is 0.744. The second-order valence-electron chi connectivity index (χ2n) is 26.6. The molecule has 0 spiro atoms. The number of ether oxygens (including phenoxy) is 4. The number of rotatable bonds is 70. The number of hydrogen-bond donors (Lipinski definition) is 1. The Morgan fingerprint density at radius 1 is 0.341 bits per heavy atom. The highest BCUT2D eigenvalue weighted by Gasteiger charge is 2.25. The number of allylic oxidation sites excluding steroid dienone is 18. The van der Waals surface area contributed by atoms with Crippen molar-refractivity contribution in [1.29, 1.82) is 0 Å². The summed E-state index contributed by atoms with van der Waals surface area (Å²) in [5.41, 5.74) is 0. The largest absolute Gasteiger partial charge is 0.477 e. The number of hydrogen-bond acceptors (Lipinski definition) is 7. The maximum Gasteiger partial charge on any atom is 0.361 e. The van der Waals surface area contributed by atoms with Crippen LogP contribution in [-0.2, 0) is 33.3 Å². The molecule has 91 heavy (non-hydrogen) atoms. The van der Waals surface area contributed by atoms with Gasteiger partial charge in [0.15, 0.2) is 6.10 Å². The van der Waals surface area contributed by atoms with Crippen LogP contribution in [0.1, 0.15) is 335 Å². The van der Waals surface area contributed by atoms with Crippen LogP contribution < -0.4 is 0 Å². The summed E-state index contributed by atoms with van der Waals surface area (Å²) in [6.45, 7) is 4.81. The summed E-state index contributed by atoms with van der Waals surface area (Å²) in [4.78, 5) is 37.7. The zero-order valence-electron chi connectivity index (χ0n) is 60.0. The third-order valence-electron chi connectivity index (χ3n) is 16.5. The first-order valence-corrected chi connectivity index (χ1v) is 38.1. The van der Waals surface area contributed by atoms with Crippen LogP contribution in [0.15, 0.2) is 109 Å². The van der Waals surface area contributed by atoms with Gasteiger partial charge in [-0.1, -0.05) is 348 Å². The highest BCUT2D eigenvalue weighted by molar-refractivity contribution is 5.71. The fourth-order valence-electron chi connectivity index (χ4n) is 10.8. The first kappa shape index (κ1) is 87.0. The molecule has 0 fully saturated rings. The van der Waals surface area contributed by atoms with Gasteiger partial charge in [0.05, 0.1) is 34.4 Å². The minimum Gasteiger partial charge on any atom is -0.477 e. The molecule has 0 aromatic heterocycles. The van der Waals surface area contributed by atoms with Crippen molar-refractivity contribution in [3.8, 4) is 0 Å². The Labute approximate surface area is 562 Å². The van der Waals surface area contributed by atoms with Gasteiger partial charge in [0.1, 0.15) is 13.2 Å². The number of esters is 2. The van der Waals surface area contributed by atoms with E-state index in [2.05, 4.69) is 123 Å². The number of carbonyl (C=O) groups is 3. The number of likely N-dealkylation sites (N-methyl/N-ethyl adjacent to an activating group) is 1. The van der Waals surface area contributed by atoms with E-state index in [0.29, 0.717) is 17.4 Å². The molecule has 0 saturated heterocycles. The van der Waals surface area contributed by atoms with Crippen LogP contribution in [0.2, 0.25) is 0 Å². The van der Waals surface area contributed by atoms with Crippen molar-refractivity contribution in [1.82, 2.24) is 0 Å². The topological polar surface area (TPSA) is 108 Å². The molecule has 0 heterocycles. The van der Waals surface area contributed by atoms with Crippen LogP contribution in [0.25, 0.3) is 0 Å². The van der Waals surface area contributed by atoms with Crippen molar-refractivity contribution in [2.45, 2.75) is 347 Å². The summed E-state index contributed by atoms with van der Waals surface area (Å²) in [7, 11) is 5.98. The third kappa shape index (κ3) is 73.2. The highest BCUT2D eigenvalue weighted by Crippen LogP contribution is 2.18. The van der Waals surface area contributed by atoms with E-state index in [4.69, 9.17) is 18.9 Å². The minimum absolute atomic E-state index is 0.182. The van der Waals surface area contributed by atoms with E-state index in [1.165, 1.54) is 205 Å². The van der Waals surface area contributed by atoms with Gasteiger partial charge in [-0.15, -0.1) is 0 Å². The molecule has 9 nitrogen and oxygen atoms in total. The molecule has 0 saturated carbocycles. The molecule has 1 N–H and O–H groups in total. The third-order valence-corrected chi connectivity index (χ3v) is 16.5. The number of quaternary nitrogens is 1. The summed E-state index contributed by atoms with van der Waals surface area (Å²) < 4.78 is 23.0. The molecular formula is C82H144NO8+. The lowest BCUT2D eigenvalue weighted by Gasteiger charge is -2.25. The smallest absolute Gasteiger partial charge is 0.361 e. The van der Waals surface area contributed by atoms with Gasteiger partial charge >= 0.3 is 17.9 Å². The molecule has 0 aliphatic carbocycles. The van der Waals surface area contributed by atoms with Crippen LogP contribution >= 0.6 is 0 Å². The number of nitrogens with zero attached hydrogens (tertiary/aromatic N) is 1. The van der Waals surface area contributed by atoms with Crippen molar-refractivity contribution >= 4 is 17.9 Å². The molecule has 0 aliphatic heterocycles. The number of carbonyl (C=O) groups excluding carboxylic acids is 2. The van der Waals surface area contributed by atoms with Gasteiger partial charge in [0.2, 0.25) is 0 Å². The number of unbranched alkanes of at least 4 members (excludes halogenated alkanes) is 37. The zero-order chi connectivity index (χ0) is 66.1. The molecule has 524 valence electrons. The Morgan fingerprint density at radius 3 is 0.934 bits per heavy atom. The molecule has 9 heteroatoms. The van der Waals surface area contributed by atoms with Gasteiger partial charge in [-0.2, -0.15) is 0 Å². The van der Waals surface area contributed by atoms with Crippen LogP contribution in [0, 0.1) is 0 Å². The average molecular weight is 1270 g/mol. The summed E-state index contributed by atoms with van der Waals surface area (Å²) >= 11 is 0. The van der Waals surface area contributed by atoms with Crippen LogP contribution in [-0.4, -0.2) is 87.4 Å². The second-order valence-corrected chi connectivity index (χ2v) is 26.6. The SMILES string of the molecule is CC/C=C\C/C=C\C/C=C\C/C=C\C/C=C\C/C=C\C/C=C\C/C=C\C/C=C\CCCCCCCCCCCCCCCC(=O)OC(COC(=O)CCCCCCCCCCCCCCCCCCCCCCCCCCC)COC(OCC[N+](C)(C)C)C(=O)O. The molecule has 0 aromatic carbocycles. The van der Waals surface area contributed by atoms with E-state index in [0.717, 1.165) is 103 Å². The lowest BCUT2D eigenvalue weighted by atomic mass is 10.0. The van der Waals surface area contributed by atoms with Crippen LogP contribution in [0.4, 0.5) is 0 Å². The van der Waals surface area contributed by atoms with E-state index in [1.54, 1.807) is 0 Å². The van der Waals surface area contributed by atoms with Gasteiger partial charge in [0, 0.05) is 12.8 Å². The maximum atomic E-state index is 13.0. The summed E-state index contributed by atoms with van der Waals surface area (Å²) in [5, 5.41) is 9.76. The maximum absolute atomic E-state index is 13.0. The Hall–Kier alpha value is -4.05. The van der Waals surface area contributed by atoms with Crippen LogP contribution in [0.3, 0.4) is 0 Å². The van der Waals surface area contributed by atoms with E-state index in [9.17, 15) is 19.5 Å². The minimum atomic E-state index is -1.51. The zero-order valence-corrected chi connectivity index (χ0v) is 60.0. The molecule has 0 aromatic rings. The van der Waals surface area contributed by atoms with Crippen molar-refractivity contribution in [2.24, 2.45) is 0 Å². The van der Waals surface area contributed by atoms with E-state index in [1.807, 2.05) is 21.1 Å². The Bertz CT molecular complexity index is 1870. The summed E-state index contributed by atoms with van der Waals surface area (Å²) in [6, 6.07) is 0. The predicted octanol–water partition coefficient (Wildman–Crippen LogP) is 24.1. The van der Waals surface area contributed by atoms with Crippen molar-refractivity contribution < 1.29 is 42.9 Å². The molecule has 0 radical (unpaired) electrons. The average Bonchev–Trinajstić information content (AvgIpc) is 3.53. The number of carboxylic acids is 1. The second kappa shape index (κ2) is 71.8. The lowest BCUT2D eigenvalue weighted by molar-refractivity contribution is -0.870. The Morgan fingerprint density at radius 2 is 0.626 bits per heavy atom. The summed E-state index contributed by atoms with van der Waals surface area (Å²) in [6.07, 6.45) is 97.9. The summed E-state index contributed by atoms with van der Waals surface area (Å²) in [5.74, 6) is -1.99. The molecule has 0 aliphatic rings. The fourth-order valence-corrected chi connectivity index (χ4v) is 10.8. The van der Waals surface area contributed by atoms with Gasteiger partial charge in [0.25, 0.3) is 6.29 Å².